The molecule has 1 heterocycles. The molecule has 2 aromatic rings. The van der Waals surface area contributed by atoms with Crippen LogP contribution in [0.15, 0.2) is 41.4 Å². The van der Waals surface area contributed by atoms with Crippen LogP contribution < -0.4 is 4.90 Å². The molecular formula is C16H17FN2O2S. The van der Waals surface area contributed by atoms with Crippen LogP contribution in [-0.2, 0) is 5.75 Å². The van der Waals surface area contributed by atoms with E-state index in [9.17, 15) is 9.18 Å². The largest absolute Gasteiger partial charge is 0.465 e. The zero-order chi connectivity index (χ0) is 16.1. The summed E-state index contributed by atoms with van der Waals surface area (Å²) in [6.45, 7) is 3.95. The van der Waals surface area contributed by atoms with E-state index in [1.165, 1.54) is 28.8 Å². The minimum absolute atomic E-state index is 0.250. The lowest BCUT2D eigenvalue weighted by Gasteiger charge is -2.19. The monoisotopic (exact) mass is 320 g/mol. The molecule has 0 bridgehead atoms. The Morgan fingerprint density at radius 1 is 1.27 bits per heavy atom. The average molecular weight is 320 g/mol. The summed E-state index contributed by atoms with van der Waals surface area (Å²) in [4.78, 5) is 16.9. The Hall–Kier alpha value is -2.08. The molecule has 1 N–H and O–H groups in total. The van der Waals surface area contributed by atoms with E-state index in [4.69, 9.17) is 5.11 Å². The van der Waals surface area contributed by atoms with Gasteiger partial charge in [0.05, 0.1) is 16.4 Å². The fourth-order valence-corrected chi connectivity index (χ4v) is 2.92. The summed E-state index contributed by atoms with van der Waals surface area (Å²) in [5, 5.41) is 9.97. The van der Waals surface area contributed by atoms with Gasteiger partial charge in [-0.1, -0.05) is 12.1 Å². The number of pyridine rings is 1. The van der Waals surface area contributed by atoms with Gasteiger partial charge in [0, 0.05) is 12.3 Å². The van der Waals surface area contributed by atoms with Crippen LogP contribution in [0.25, 0.3) is 0 Å². The van der Waals surface area contributed by atoms with Crippen LogP contribution in [0.3, 0.4) is 0 Å². The predicted octanol–water partition coefficient (Wildman–Crippen LogP) is 4.33. The van der Waals surface area contributed by atoms with Gasteiger partial charge < -0.3 is 5.11 Å². The zero-order valence-corrected chi connectivity index (χ0v) is 13.2. The lowest BCUT2D eigenvalue weighted by molar-refractivity contribution is 0.202. The Labute approximate surface area is 133 Å². The highest BCUT2D eigenvalue weighted by Gasteiger charge is 2.15. The van der Waals surface area contributed by atoms with E-state index in [0.717, 1.165) is 10.6 Å². The number of hydrogen-bond acceptors (Lipinski definition) is 3. The van der Waals surface area contributed by atoms with Crippen molar-refractivity contribution < 1.29 is 14.3 Å². The number of aryl methyl sites for hydroxylation is 1. The smallest absolute Gasteiger partial charge is 0.411 e. The van der Waals surface area contributed by atoms with Crippen LogP contribution >= 0.6 is 11.8 Å². The van der Waals surface area contributed by atoms with Gasteiger partial charge in [-0.3, -0.25) is 4.90 Å². The quantitative estimate of drug-likeness (QED) is 0.833. The van der Waals surface area contributed by atoms with Crippen LogP contribution in [0.4, 0.5) is 14.9 Å². The van der Waals surface area contributed by atoms with Crippen molar-refractivity contribution in [2.24, 2.45) is 0 Å². The standard InChI is InChI=1S/C16H17FN2O2S/c1-3-19(16(20)21)14-8-9-15(18-11(14)2)22-10-12-4-6-13(17)7-5-12/h4-9H,3,10H2,1-2H3,(H,20,21). The molecule has 0 saturated heterocycles. The normalized spacial score (nSPS) is 10.5. The number of carbonyl (C=O) groups is 1. The fraction of sp³-hybridized carbons (Fsp3) is 0.250. The molecule has 0 aliphatic carbocycles. The number of carboxylic acid groups (broad SMARTS) is 1. The van der Waals surface area contributed by atoms with Gasteiger partial charge in [-0.25, -0.2) is 14.2 Å². The van der Waals surface area contributed by atoms with Crippen molar-refractivity contribution in [2.45, 2.75) is 24.6 Å². The molecular weight excluding hydrogens is 303 g/mol. The Kier molecular flexibility index (Phi) is 5.38. The highest BCUT2D eigenvalue weighted by Crippen LogP contribution is 2.26. The number of nitrogens with zero attached hydrogens (tertiary/aromatic N) is 2. The van der Waals surface area contributed by atoms with Crippen molar-refractivity contribution in [1.29, 1.82) is 0 Å². The molecule has 2 rings (SSSR count). The van der Waals surface area contributed by atoms with Gasteiger partial charge >= 0.3 is 6.09 Å². The molecule has 0 spiro atoms. The summed E-state index contributed by atoms with van der Waals surface area (Å²) >= 11 is 1.53. The van der Waals surface area contributed by atoms with Crippen molar-refractivity contribution in [2.75, 3.05) is 11.4 Å². The van der Waals surface area contributed by atoms with Crippen molar-refractivity contribution in [3.8, 4) is 0 Å². The minimum Gasteiger partial charge on any atom is -0.465 e. The van der Waals surface area contributed by atoms with E-state index in [-0.39, 0.29) is 5.82 Å². The van der Waals surface area contributed by atoms with Gasteiger partial charge in [-0.2, -0.15) is 0 Å². The molecule has 22 heavy (non-hydrogen) atoms. The van der Waals surface area contributed by atoms with Crippen LogP contribution in [0, 0.1) is 12.7 Å². The highest BCUT2D eigenvalue weighted by molar-refractivity contribution is 7.98. The number of aromatic nitrogens is 1. The minimum atomic E-state index is -0.987. The fourth-order valence-electron chi connectivity index (χ4n) is 2.04. The topological polar surface area (TPSA) is 53.4 Å². The number of thioether (sulfide) groups is 1. The summed E-state index contributed by atoms with van der Waals surface area (Å²) in [5.74, 6) is 0.433. The second-order valence-electron chi connectivity index (χ2n) is 4.70. The first-order chi connectivity index (χ1) is 10.5. The number of amides is 1. The molecule has 1 aromatic heterocycles. The first-order valence-electron chi connectivity index (χ1n) is 6.86. The number of rotatable bonds is 5. The van der Waals surface area contributed by atoms with Crippen LogP contribution in [0.1, 0.15) is 18.2 Å². The van der Waals surface area contributed by atoms with Gasteiger partial charge in [0.2, 0.25) is 0 Å². The van der Waals surface area contributed by atoms with Gasteiger partial charge in [-0.05, 0) is 43.7 Å². The van der Waals surface area contributed by atoms with Crippen molar-refractivity contribution in [3.63, 3.8) is 0 Å². The van der Waals surface area contributed by atoms with Crippen molar-refractivity contribution >= 4 is 23.5 Å². The molecule has 0 aliphatic rings. The van der Waals surface area contributed by atoms with E-state index < -0.39 is 6.09 Å². The summed E-state index contributed by atoms with van der Waals surface area (Å²) in [7, 11) is 0. The number of anilines is 1. The van der Waals surface area contributed by atoms with Crippen molar-refractivity contribution in [3.05, 3.63) is 53.5 Å². The maximum absolute atomic E-state index is 12.8. The number of benzene rings is 1. The predicted molar refractivity (Wildman–Crippen MR) is 86.0 cm³/mol. The molecule has 0 aliphatic heterocycles. The third-order valence-electron chi connectivity index (χ3n) is 3.17. The summed E-state index contributed by atoms with van der Waals surface area (Å²) in [6.07, 6.45) is -0.987. The molecule has 1 aromatic carbocycles. The molecule has 0 radical (unpaired) electrons. The average Bonchev–Trinajstić information content (AvgIpc) is 2.49. The van der Waals surface area contributed by atoms with Gasteiger partial charge in [-0.15, -0.1) is 11.8 Å². The SMILES string of the molecule is CCN(C(=O)O)c1ccc(SCc2ccc(F)cc2)nc1C. The van der Waals surface area contributed by atoms with Crippen LogP contribution in [0.2, 0.25) is 0 Å². The van der Waals surface area contributed by atoms with E-state index in [1.54, 1.807) is 32.0 Å². The summed E-state index contributed by atoms with van der Waals surface area (Å²) in [6, 6.07) is 9.93. The maximum atomic E-state index is 12.8. The summed E-state index contributed by atoms with van der Waals surface area (Å²) < 4.78 is 12.8. The van der Waals surface area contributed by atoms with Crippen LogP contribution in [0.5, 0.6) is 0 Å². The number of hydrogen-bond donors (Lipinski definition) is 1. The van der Waals surface area contributed by atoms with E-state index in [2.05, 4.69) is 4.98 Å². The molecule has 0 fully saturated rings. The molecule has 6 heteroatoms. The Morgan fingerprint density at radius 2 is 1.95 bits per heavy atom. The zero-order valence-electron chi connectivity index (χ0n) is 12.4. The molecule has 0 unspecified atom stereocenters. The second kappa shape index (κ2) is 7.26. The second-order valence-corrected chi connectivity index (χ2v) is 5.69. The molecule has 1 amide bonds. The van der Waals surface area contributed by atoms with Gasteiger partial charge in [0.1, 0.15) is 5.82 Å². The van der Waals surface area contributed by atoms with E-state index >= 15 is 0 Å². The Morgan fingerprint density at radius 3 is 2.50 bits per heavy atom. The third-order valence-corrected chi connectivity index (χ3v) is 4.17. The Bertz CT molecular complexity index is 662. The van der Waals surface area contributed by atoms with Crippen LogP contribution in [-0.4, -0.2) is 22.7 Å². The number of halogens is 1. The lowest BCUT2D eigenvalue weighted by Crippen LogP contribution is -2.29. The first-order valence-corrected chi connectivity index (χ1v) is 7.85. The van der Waals surface area contributed by atoms with Crippen molar-refractivity contribution in [1.82, 2.24) is 4.98 Å². The maximum Gasteiger partial charge on any atom is 0.411 e. The molecule has 116 valence electrons. The Balaban J connectivity index is 2.09. The first kappa shape index (κ1) is 16.3. The van der Waals surface area contributed by atoms with Gasteiger partial charge in [0.25, 0.3) is 0 Å². The van der Waals surface area contributed by atoms with Gasteiger partial charge in [0.15, 0.2) is 0 Å². The molecule has 0 atom stereocenters. The van der Waals surface area contributed by atoms with E-state index in [1.807, 2.05) is 6.07 Å². The third kappa shape index (κ3) is 3.98. The molecule has 0 saturated carbocycles. The lowest BCUT2D eigenvalue weighted by atomic mass is 10.2. The molecule has 4 nitrogen and oxygen atoms in total. The highest BCUT2D eigenvalue weighted by atomic mass is 32.2. The summed E-state index contributed by atoms with van der Waals surface area (Å²) in [5.41, 5.74) is 2.28. The van der Waals surface area contributed by atoms with E-state index in [0.29, 0.717) is 23.7 Å².